The molecule has 0 nitrogen and oxygen atoms in total. The van der Waals surface area contributed by atoms with Crippen LogP contribution in [0.3, 0.4) is 0 Å². The standard InChI is InChI=1S/C8H6BrClF4S/c1-3-4(2-5(9)15-3)6(10)8(13,14)7(11)12/h2,6-7H,1H3. The molecule has 0 amide bonds. The molecular formula is C8H6BrClF4S. The molecule has 0 radical (unpaired) electrons. The van der Waals surface area contributed by atoms with Gasteiger partial charge >= 0.3 is 12.3 Å². The van der Waals surface area contributed by atoms with Gasteiger partial charge in [0.15, 0.2) is 0 Å². The first-order valence-electron chi connectivity index (χ1n) is 3.82. The lowest BCUT2D eigenvalue weighted by Gasteiger charge is -2.20. The SMILES string of the molecule is Cc1sc(Br)cc1C(Cl)C(F)(F)C(F)F. The van der Waals surface area contributed by atoms with Crippen LogP contribution in [0, 0.1) is 6.92 Å². The minimum Gasteiger partial charge on any atom is -0.204 e. The van der Waals surface area contributed by atoms with Crippen molar-refractivity contribution in [3.8, 4) is 0 Å². The summed E-state index contributed by atoms with van der Waals surface area (Å²) in [5.41, 5.74) is 0.0406. The van der Waals surface area contributed by atoms with E-state index in [0.717, 1.165) is 0 Å². The second kappa shape index (κ2) is 4.59. The Kier molecular flexibility index (Phi) is 4.06. The maximum Gasteiger partial charge on any atom is 0.327 e. The average molecular weight is 326 g/mol. The van der Waals surface area contributed by atoms with Gasteiger partial charge in [0, 0.05) is 4.88 Å². The smallest absolute Gasteiger partial charge is 0.204 e. The summed E-state index contributed by atoms with van der Waals surface area (Å²) in [7, 11) is 0. The van der Waals surface area contributed by atoms with E-state index in [-0.39, 0.29) is 5.56 Å². The van der Waals surface area contributed by atoms with E-state index in [1.807, 2.05) is 0 Å². The molecule has 0 spiro atoms. The van der Waals surface area contributed by atoms with Crippen LogP contribution < -0.4 is 0 Å². The minimum atomic E-state index is -4.22. The van der Waals surface area contributed by atoms with Crippen LogP contribution in [0.4, 0.5) is 17.6 Å². The number of hydrogen-bond acceptors (Lipinski definition) is 1. The third-order valence-electron chi connectivity index (χ3n) is 1.83. The molecule has 1 aromatic rings. The Balaban J connectivity index is 3.04. The second-order valence-corrected chi connectivity index (χ2v) is 5.97. The molecule has 1 aromatic heterocycles. The number of thiophene rings is 1. The Bertz CT molecular complexity index is 352. The van der Waals surface area contributed by atoms with E-state index in [2.05, 4.69) is 15.9 Å². The summed E-state index contributed by atoms with van der Waals surface area (Å²) in [4.78, 5) is 0.502. The zero-order chi connectivity index (χ0) is 11.8. The van der Waals surface area contributed by atoms with Gasteiger partial charge in [0.25, 0.3) is 0 Å². The van der Waals surface area contributed by atoms with Crippen molar-refractivity contribution in [1.82, 2.24) is 0 Å². The van der Waals surface area contributed by atoms with Gasteiger partial charge in [-0.3, -0.25) is 0 Å². The van der Waals surface area contributed by atoms with Crippen LogP contribution in [-0.4, -0.2) is 12.3 Å². The fourth-order valence-corrected chi connectivity index (χ4v) is 3.16. The van der Waals surface area contributed by atoms with Crippen molar-refractivity contribution >= 4 is 38.9 Å². The summed E-state index contributed by atoms with van der Waals surface area (Å²) in [5, 5.41) is -2.00. The van der Waals surface area contributed by atoms with Gasteiger partial charge in [-0.15, -0.1) is 22.9 Å². The molecule has 0 fully saturated rings. The fourth-order valence-electron chi connectivity index (χ4n) is 1.03. The predicted octanol–water partition coefficient (Wildman–Crippen LogP) is 5.00. The average Bonchev–Trinajstić information content (AvgIpc) is 2.43. The van der Waals surface area contributed by atoms with Gasteiger partial charge in [-0.1, -0.05) is 0 Å². The van der Waals surface area contributed by atoms with Crippen molar-refractivity contribution in [1.29, 1.82) is 0 Å². The van der Waals surface area contributed by atoms with Crippen LogP contribution in [0.15, 0.2) is 9.85 Å². The molecule has 0 bridgehead atoms. The van der Waals surface area contributed by atoms with E-state index in [1.54, 1.807) is 6.92 Å². The molecule has 15 heavy (non-hydrogen) atoms. The Morgan fingerprint density at radius 3 is 2.33 bits per heavy atom. The van der Waals surface area contributed by atoms with Gasteiger partial charge in [0.2, 0.25) is 0 Å². The molecule has 0 saturated heterocycles. The van der Waals surface area contributed by atoms with E-state index in [4.69, 9.17) is 11.6 Å². The number of hydrogen-bond donors (Lipinski definition) is 0. The van der Waals surface area contributed by atoms with Gasteiger partial charge in [0.05, 0.1) is 3.79 Å². The molecule has 0 aliphatic carbocycles. The lowest BCUT2D eigenvalue weighted by Crippen LogP contribution is -2.31. The molecule has 0 aliphatic rings. The first-order valence-corrected chi connectivity index (χ1v) is 5.87. The van der Waals surface area contributed by atoms with Crippen LogP contribution >= 0.6 is 38.9 Å². The van der Waals surface area contributed by atoms with Crippen molar-refractivity contribution in [3.05, 3.63) is 20.3 Å². The van der Waals surface area contributed by atoms with Crippen molar-refractivity contribution in [2.75, 3.05) is 0 Å². The summed E-state index contributed by atoms with van der Waals surface area (Å²) >= 11 is 9.63. The Morgan fingerprint density at radius 2 is 2.00 bits per heavy atom. The monoisotopic (exact) mass is 324 g/mol. The Morgan fingerprint density at radius 1 is 1.47 bits per heavy atom. The first-order chi connectivity index (χ1) is 6.76. The number of rotatable bonds is 3. The quantitative estimate of drug-likeness (QED) is 0.542. The van der Waals surface area contributed by atoms with Gasteiger partial charge in [-0.05, 0) is 34.5 Å². The highest BCUT2D eigenvalue weighted by atomic mass is 79.9. The van der Waals surface area contributed by atoms with E-state index in [0.29, 0.717) is 8.66 Å². The molecule has 0 aliphatic heterocycles. The van der Waals surface area contributed by atoms with Crippen molar-refractivity contribution in [3.63, 3.8) is 0 Å². The zero-order valence-corrected chi connectivity index (χ0v) is 10.6. The fraction of sp³-hybridized carbons (Fsp3) is 0.500. The predicted molar refractivity (Wildman–Crippen MR) is 56.3 cm³/mol. The van der Waals surface area contributed by atoms with E-state index < -0.39 is 17.7 Å². The van der Waals surface area contributed by atoms with Crippen molar-refractivity contribution in [2.45, 2.75) is 24.6 Å². The third kappa shape index (κ3) is 2.65. The van der Waals surface area contributed by atoms with E-state index in [1.165, 1.54) is 17.4 Å². The van der Waals surface area contributed by atoms with Gasteiger partial charge in [-0.2, -0.15) is 8.78 Å². The number of aryl methyl sites for hydroxylation is 1. The molecule has 1 unspecified atom stereocenters. The van der Waals surface area contributed by atoms with E-state index in [9.17, 15) is 17.6 Å². The van der Waals surface area contributed by atoms with Crippen LogP contribution in [0.25, 0.3) is 0 Å². The summed E-state index contributed by atoms with van der Waals surface area (Å²) in [6.45, 7) is 1.56. The summed E-state index contributed by atoms with van der Waals surface area (Å²) < 4.78 is 50.5. The van der Waals surface area contributed by atoms with Crippen LogP contribution in [0.2, 0.25) is 0 Å². The number of halogens is 6. The summed E-state index contributed by atoms with van der Waals surface area (Å²) in [6, 6.07) is 1.34. The molecule has 1 atom stereocenters. The number of alkyl halides is 5. The molecule has 0 N–H and O–H groups in total. The molecule has 1 rings (SSSR count). The maximum atomic E-state index is 12.9. The molecule has 7 heteroatoms. The maximum absolute atomic E-state index is 12.9. The topological polar surface area (TPSA) is 0 Å². The van der Waals surface area contributed by atoms with Crippen LogP contribution in [-0.2, 0) is 0 Å². The van der Waals surface area contributed by atoms with Crippen LogP contribution in [0.5, 0.6) is 0 Å². The van der Waals surface area contributed by atoms with Gasteiger partial charge in [0.1, 0.15) is 5.38 Å². The minimum absolute atomic E-state index is 0.0406. The highest BCUT2D eigenvalue weighted by Crippen LogP contribution is 2.44. The lowest BCUT2D eigenvalue weighted by molar-refractivity contribution is -0.130. The van der Waals surface area contributed by atoms with Crippen LogP contribution in [0.1, 0.15) is 15.8 Å². The highest BCUT2D eigenvalue weighted by Gasteiger charge is 2.49. The largest absolute Gasteiger partial charge is 0.327 e. The molecule has 1 heterocycles. The highest BCUT2D eigenvalue weighted by molar-refractivity contribution is 9.11. The third-order valence-corrected chi connectivity index (χ3v) is 3.92. The second-order valence-electron chi connectivity index (χ2n) is 2.90. The van der Waals surface area contributed by atoms with Gasteiger partial charge < -0.3 is 0 Å². The normalized spacial score (nSPS) is 14.7. The molecule has 86 valence electrons. The molecule has 0 aromatic carbocycles. The molecule has 0 saturated carbocycles. The zero-order valence-electron chi connectivity index (χ0n) is 7.41. The molecular weight excluding hydrogens is 320 g/mol. The first kappa shape index (κ1) is 13.3. The Hall–Kier alpha value is 0.190. The van der Waals surface area contributed by atoms with Crippen molar-refractivity contribution < 1.29 is 17.6 Å². The lowest BCUT2D eigenvalue weighted by atomic mass is 10.1. The van der Waals surface area contributed by atoms with Gasteiger partial charge in [-0.25, -0.2) is 8.78 Å². The van der Waals surface area contributed by atoms with Crippen molar-refractivity contribution in [2.24, 2.45) is 0 Å². The Labute approximate surface area is 101 Å². The van der Waals surface area contributed by atoms with E-state index >= 15 is 0 Å². The summed E-state index contributed by atoms with van der Waals surface area (Å²) in [5.74, 6) is -4.22. The summed E-state index contributed by atoms with van der Waals surface area (Å²) in [6.07, 6.45) is -3.77.